The lowest BCUT2D eigenvalue weighted by Gasteiger charge is -2.16. The number of hydrogen-bond acceptors (Lipinski definition) is 3. The summed E-state index contributed by atoms with van der Waals surface area (Å²) in [5.74, 6) is -0.373. The van der Waals surface area contributed by atoms with Gasteiger partial charge in [-0.2, -0.15) is 0 Å². The summed E-state index contributed by atoms with van der Waals surface area (Å²) in [4.78, 5) is 18.5. The van der Waals surface area contributed by atoms with Crippen LogP contribution in [-0.2, 0) is 17.8 Å². The highest BCUT2D eigenvalue weighted by Crippen LogP contribution is 2.30. The van der Waals surface area contributed by atoms with E-state index in [1.165, 1.54) is 23.5 Å². The molecule has 25 heavy (non-hydrogen) atoms. The van der Waals surface area contributed by atoms with Crippen LogP contribution in [0.3, 0.4) is 0 Å². The zero-order valence-corrected chi connectivity index (χ0v) is 15.1. The molecule has 6 heteroatoms. The Morgan fingerprint density at radius 1 is 1.24 bits per heavy atom. The zero-order valence-electron chi connectivity index (χ0n) is 13.6. The summed E-state index contributed by atoms with van der Waals surface area (Å²) >= 11 is 7.65. The van der Waals surface area contributed by atoms with Crippen LogP contribution in [0.1, 0.15) is 11.3 Å². The normalized spacial score (nSPS) is 10.7. The molecule has 1 amide bonds. The van der Waals surface area contributed by atoms with E-state index in [4.69, 9.17) is 11.6 Å². The lowest BCUT2D eigenvalue weighted by atomic mass is 10.2. The second-order valence-electron chi connectivity index (χ2n) is 5.68. The first-order valence-corrected chi connectivity index (χ1v) is 8.96. The molecule has 3 aromatic rings. The number of carbonyl (C=O) groups is 1. The van der Waals surface area contributed by atoms with E-state index in [2.05, 4.69) is 4.98 Å². The van der Waals surface area contributed by atoms with Crippen molar-refractivity contribution in [3.63, 3.8) is 0 Å². The first kappa shape index (κ1) is 17.6. The predicted molar refractivity (Wildman–Crippen MR) is 99.1 cm³/mol. The monoisotopic (exact) mass is 374 g/mol. The average molecular weight is 375 g/mol. The van der Waals surface area contributed by atoms with Gasteiger partial charge in [0.25, 0.3) is 0 Å². The third-order valence-electron chi connectivity index (χ3n) is 3.72. The van der Waals surface area contributed by atoms with E-state index < -0.39 is 0 Å². The lowest BCUT2D eigenvalue weighted by molar-refractivity contribution is -0.129. The highest BCUT2D eigenvalue weighted by atomic mass is 35.5. The molecule has 0 aliphatic rings. The Morgan fingerprint density at radius 2 is 2.04 bits per heavy atom. The van der Waals surface area contributed by atoms with Crippen molar-refractivity contribution in [3.8, 4) is 10.6 Å². The maximum atomic E-state index is 13.2. The molecule has 0 atom stereocenters. The molecule has 128 valence electrons. The summed E-state index contributed by atoms with van der Waals surface area (Å²) in [5, 5.41) is 3.30. The minimum Gasteiger partial charge on any atom is -0.341 e. The van der Waals surface area contributed by atoms with Crippen molar-refractivity contribution in [2.24, 2.45) is 0 Å². The van der Waals surface area contributed by atoms with Crippen LogP contribution in [-0.4, -0.2) is 22.8 Å². The number of aromatic nitrogens is 1. The number of likely N-dealkylation sites (N-methyl/N-ethyl adjacent to an activating group) is 1. The van der Waals surface area contributed by atoms with Gasteiger partial charge in [-0.3, -0.25) is 4.79 Å². The van der Waals surface area contributed by atoms with Crippen LogP contribution in [0.25, 0.3) is 10.6 Å². The summed E-state index contributed by atoms with van der Waals surface area (Å²) in [6.07, 6.45) is 0.201. The summed E-state index contributed by atoms with van der Waals surface area (Å²) < 4.78 is 13.2. The van der Waals surface area contributed by atoms with Crippen LogP contribution in [0, 0.1) is 5.82 Å². The fraction of sp³-hybridized carbons (Fsp3) is 0.158. The molecule has 0 saturated carbocycles. The van der Waals surface area contributed by atoms with Crippen LogP contribution in [0.5, 0.6) is 0 Å². The molecule has 0 N–H and O–H groups in total. The van der Waals surface area contributed by atoms with Crippen molar-refractivity contribution in [3.05, 3.63) is 76.0 Å². The average Bonchev–Trinajstić information content (AvgIpc) is 3.03. The van der Waals surface area contributed by atoms with Gasteiger partial charge in [0.15, 0.2) is 0 Å². The molecule has 0 unspecified atom stereocenters. The third-order valence-corrected chi connectivity index (χ3v) is 4.98. The van der Waals surface area contributed by atoms with E-state index in [1.807, 2.05) is 29.6 Å². The SMILES string of the molecule is CN(Cc1cccc(F)c1)C(=O)Cc1csc(-c2ccccc2Cl)n1. The van der Waals surface area contributed by atoms with Crippen molar-refractivity contribution in [1.82, 2.24) is 9.88 Å². The largest absolute Gasteiger partial charge is 0.341 e. The number of benzene rings is 2. The van der Waals surface area contributed by atoms with E-state index in [9.17, 15) is 9.18 Å². The van der Waals surface area contributed by atoms with Crippen molar-refractivity contribution in [2.45, 2.75) is 13.0 Å². The number of rotatable bonds is 5. The Hall–Kier alpha value is -2.24. The molecule has 0 aliphatic carbocycles. The number of halogens is 2. The van der Waals surface area contributed by atoms with Crippen molar-refractivity contribution >= 4 is 28.8 Å². The number of amides is 1. The lowest BCUT2D eigenvalue weighted by Crippen LogP contribution is -2.27. The van der Waals surface area contributed by atoms with Gasteiger partial charge in [0.05, 0.1) is 17.1 Å². The van der Waals surface area contributed by atoms with Crippen molar-refractivity contribution in [1.29, 1.82) is 0 Å². The smallest absolute Gasteiger partial charge is 0.228 e. The van der Waals surface area contributed by atoms with E-state index >= 15 is 0 Å². The van der Waals surface area contributed by atoms with Crippen LogP contribution in [0.4, 0.5) is 4.39 Å². The van der Waals surface area contributed by atoms with Gasteiger partial charge in [-0.05, 0) is 23.8 Å². The summed E-state index contributed by atoms with van der Waals surface area (Å²) in [5.41, 5.74) is 2.32. The summed E-state index contributed by atoms with van der Waals surface area (Å²) in [6, 6.07) is 13.7. The Bertz CT molecular complexity index is 896. The quantitative estimate of drug-likeness (QED) is 0.642. The van der Waals surface area contributed by atoms with Crippen LogP contribution in [0.15, 0.2) is 53.9 Å². The van der Waals surface area contributed by atoms with Gasteiger partial charge >= 0.3 is 0 Å². The van der Waals surface area contributed by atoms with Crippen LogP contribution < -0.4 is 0 Å². The summed E-state index contributed by atoms with van der Waals surface area (Å²) in [7, 11) is 1.70. The van der Waals surface area contributed by atoms with E-state index in [0.29, 0.717) is 17.3 Å². The standard InChI is InChI=1S/C19H16ClFN2OS/c1-23(11-13-5-4-6-14(21)9-13)18(24)10-15-12-25-19(22-15)16-7-2-3-8-17(16)20/h2-9,12H,10-11H2,1H3. The van der Waals surface area contributed by atoms with E-state index in [1.54, 1.807) is 24.1 Å². The first-order valence-electron chi connectivity index (χ1n) is 7.70. The molecule has 1 aromatic heterocycles. The molecule has 0 spiro atoms. The molecular formula is C19H16ClFN2OS. The molecule has 0 bridgehead atoms. The molecule has 0 saturated heterocycles. The number of carbonyl (C=O) groups excluding carboxylic acids is 1. The highest BCUT2D eigenvalue weighted by molar-refractivity contribution is 7.13. The van der Waals surface area contributed by atoms with Gasteiger partial charge in [0, 0.05) is 24.5 Å². The first-order chi connectivity index (χ1) is 12.0. The fourth-order valence-corrected chi connectivity index (χ4v) is 3.57. The molecule has 0 radical (unpaired) electrons. The molecule has 1 heterocycles. The topological polar surface area (TPSA) is 33.2 Å². The van der Waals surface area contributed by atoms with Gasteiger partial charge in [0.2, 0.25) is 5.91 Å². The van der Waals surface area contributed by atoms with Crippen LogP contribution in [0.2, 0.25) is 5.02 Å². The molecule has 3 nitrogen and oxygen atoms in total. The van der Waals surface area contributed by atoms with Crippen molar-refractivity contribution in [2.75, 3.05) is 7.05 Å². The van der Waals surface area contributed by atoms with E-state index in [0.717, 1.165) is 16.1 Å². The van der Waals surface area contributed by atoms with Gasteiger partial charge < -0.3 is 4.90 Å². The maximum Gasteiger partial charge on any atom is 0.228 e. The van der Waals surface area contributed by atoms with Crippen molar-refractivity contribution < 1.29 is 9.18 Å². The Balaban J connectivity index is 1.66. The molecular weight excluding hydrogens is 359 g/mol. The fourth-order valence-electron chi connectivity index (χ4n) is 2.43. The number of hydrogen-bond donors (Lipinski definition) is 0. The Labute approximate surface area is 154 Å². The van der Waals surface area contributed by atoms with Gasteiger partial charge in [-0.1, -0.05) is 41.9 Å². The second kappa shape index (κ2) is 7.76. The minimum atomic E-state index is -0.303. The predicted octanol–water partition coefficient (Wildman–Crippen LogP) is 4.80. The molecule has 2 aromatic carbocycles. The Morgan fingerprint density at radius 3 is 2.80 bits per heavy atom. The Kier molecular flexibility index (Phi) is 5.46. The van der Waals surface area contributed by atoms with Gasteiger partial charge in [-0.25, -0.2) is 9.37 Å². The maximum absolute atomic E-state index is 13.2. The summed E-state index contributed by atoms with van der Waals surface area (Å²) in [6.45, 7) is 0.359. The number of nitrogens with zero attached hydrogens (tertiary/aromatic N) is 2. The minimum absolute atomic E-state index is 0.0692. The molecule has 3 rings (SSSR count). The highest BCUT2D eigenvalue weighted by Gasteiger charge is 2.14. The number of thiazole rings is 1. The zero-order chi connectivity index (χ0) is 17.8. The van der Waals surface area contributed by atoms with E-state index in [-0.39, 0.29) is 18.1 Å². The second-order valence-corrected chi connectivity index (χ2v) is 6.95. The molecule has 0 fully saturated rings. The van der Waals surface area contributed by atoms with Crippen LogP contribution >= 0.6 is 22.9 Å². The third kappa shape index (κ3) is 4.44. The van der Waals surface area contributed by atoms with Gasteiger partial charge in [-0.15, -0.1) is 11.3 Å². The molecule has 0 aliphatic heterocycles. The van der Waals surface area contributed by atoms with Gasteiger partial charge in [0.1, 0.15) is 10.8 Å².